The molecule has 0 aliphatic rings. The van der Waals surface area contributed by atoms with Gasteiger partial charge in [-0.1, -0.05) is 73.7 Å². The second kappa shape index (κ2) is 19.7. The molecular weight excluding hydrogens is 717 g/mol. The molecule has 14 heteroatoms. The molecule has 2 heterocycles. The van der Waals surface area contributed by atoms with Crippen molar-refractivity contribution >= 4 is 61.9 Å². The molecule has 0 spiro atoms. The molecule has 0 radical (unpaired) electrons. The number of aromatic amines is 1. The van der Waals surface area contributed by atoms with Gasteiger partial charge in [-0.3, -0.25) is 24.0 Å². The largest absolute Gasteiger partial charge is 0.368 e. The number of hydrogen-bond donors (Lipinski definition) is 8. The third-order valence-corrected chi connectivity index (χ3v) is 10.7. The Balaban J connectivity index is 1.45. The van der Waals surface area contributed by atoms with Crippen LogP contribution in [0.3, 0.4) is 0 Å². The number of nitrogens with two attached hydrogens (primary N) is 3. The first-order valence-corrected chi connectivity index (χ1v) is 19.5. The van der Waals surface area contributed by atoms with E-state index in [0.29, 0.717) is 25.8 Å². The minimum atomic E-state index is -1.19. The average Bonchev–Trinajstić information content (AvgIpc) is 3.80. The molecule has 3 aromatic carbocycles. The molecule has 0 unspecified atom stereocenters. The lowest BCUT2D eigenvalue weighted by Gasteiger charge is -2.27. The van der Waals surface area contributed by atoms with Gasteiger partial charge in [0.1, 0.15) is 24.2 Å². The molecule has 0 saturated heterocycles. The van der Waals surface area contributed by atoms with E-state index in [1.54, 1.807) is 13.1 Å². The van der Waals surface area contributed by atoms with E-state index in [4.69, 9.17) is 17.2 Å². The Labute approximate surface area is 324 Å². The Bertz CT molecular complexity index is 2080. The van der Waals surface area contributed by atoms with Crippen LogP contribution in [-0.4, -0.2) is 71.3 Å². The SMILES string of the molecule is CC[C@@H](N)C(=O)N[C@H](Cc1csc2ccccc12)C(=O)N[C@H](Cc1c[nH]c2ccccc12)C(=O)N[C@@H](Cc1ccccc1)C(=O)N[C@H](CCCCN)C(N)=O. The molecule has 55 heavy (non-hydrogen) atoms. The zero-order valence-corrected chi connectivity index (χ0v) is 31.7. The molecule has 290 valence electrons. The van der Waals surface area contributed by atoms with Gasteiger partial charge in [-0.25, -0.2) is 0 Å². The van der Waals surface area contributed by atoms with Crippen LogP contribution in [0.1, 0.15) is 49.3 Å². The fraction of sp³-hybridized carbons (Fsp3) is 0.341. The summed E-state index contributed by atoms with van der Waals surface area (Å²) in [5, 5.41) is 15.1. The minimum absolute atomic E-state index is 0.0563. The lowest BCUT2D eigenvalue weighted by Crippen LogP contribution is -2.59. The predicted molar refractivity (Wildman–Crippen MR) is 216 cm³/mol. The summed E-state index contributed by atoms with van der Waals surface area (Å²) in [4.78, 5) is 71.3. The van der Waals surface area contributed by atoms with Gasteiger partial charge in [-0.2, -0.15) is 0 Å². The molecule has 5 atom stereocenters. The van der Waals surface area contributed by atoms with Crippen molar-refractivity contribution in [1.29, 1.82) is 0 Å². The van der Waals surface area contributed by atoms with Crippen molar-refractivity contribution in [3.8, 4) is 0 Å². The highest BCUT2D eigenvalue weighted by atomic mass is 32.1. The van der Waals surface area contributed by atoms with Crippen molar-refractivity contribution in [3.63, 3.8) is 0 Å². The van der Waals surface area contributed by atoms with Crippen molar-refractivity contribution in [2.24, 2.45) is 17.2 Å². The Kier molecular flexibility index (Phi) is 14.5. The molecule has 0 fully saturated rings. The smallest absolute Gasteiger partial charge is 0.243 e. The number of para-hydroxylation sites is 1. The summed E-state index contributed by atoms with van der Waals surface area (Å²) in [7, 11) is 0. The van der Waals surface area contributed by atoms with Gasteiger partial charge in [0, 0.05) is 41.1 Å². The Morgan fingerprint density at radius 3 is 1.89 bits per heavy atom. The first kappa shape index (κ1) is 40.6. The summed E-state index contributed by atoms with van der Waals surface area (Å²) in [6, 6.07) is 19.3. The quantitative estimate of drug-likeness (QED) is 0.0552. The normalized spacial score (nSPS) is 14.0. The summed E-state index contributed by atoms with van der Waals surface area (Å²) >= 11 is 1.53. The number of amides is 5. The zero-order chi connectivity index (χ0) is 39.3. The van der Waals surface area contributed by atoms with E-state index in [-0.39, 0.29) is 25.7 Å². The highest BCUT2D eigenvalue weighted by Crippen LogP contribution is 2.27. The number of aromatic nitrogens is 1. The van der Waals surface area contributed by atoms with E-state index in [9.17, 15) is 24.0 Å². The number of carbonyl (C=O) groups excluding carboxylic acids is 5. The van der Waals surface area contributed by atoms with Crippen LogP contribution < -0.4 is 38.5 Å². The second-order valence-corrected chi connectivity index (χ2v) is 14.6. The summed E-state index contributed by atoms with van der Waals surface area (Å²) in [5.74, 6) is -3.02. The van der Waals surface area contributed by atoms with Gasteiger partial charge in [0.25, 0.3) is 0 Å². The van der Waals surface area contributed by atoms with Gasteiger partial charge >= 0.3 is 0 Å². The molecular formula is C41H50N8O5S. The molecule has 11 N–H and O–H groups in total. The van der Waals surface area contributed by atoms with E-state index in [2.05, 4.69) is 26.3 Å². The van der Waals surface area contributed by atoms with Crippen LogP contribution in [0.2, 0.25) is 0 Å². The van der Waals surface area contributed by atoms with Crippen molar-refractivity contribution in [3.05, 3.63) is 107 Å². The van der Waals surface area contributed by atoms with Gasteiger partial charge in [-0.05, 0) is 71.8 Å². The minimum Gasteiger partial charge on any atom is -0.368 e. The number of fused-ring (bicyclic) bond motifs is 2. The van der Waals surface area contributed by atoms with Gasteiger partial charge in [0.2, 0.25) is 29.5 Å². The van der Waals surface area contributed by atoms with Crippen LogP contribution in [-0.2, 0) is 43.2 Å². The number of thiophene rings is 1. The molecule has 0 bridgehead atoms. The molecule has 0 saturated carbocycles. The van der Waals surface area contributed by atoms with E-state index in [0.717, 1.165) is 37.7 Å². The molecule has 13 nitrogen and oxygen atoms in total. The third kappa shape index (κ3) is 11.0. The van der Waals surface area contributed by atoms with Crippen LogP contribution >= 0.6 is 11.3 Å². The van der Waals surface area contributed by atoms with Crippen LogP contribution in [0.25, 0.3) is 21.0 Å². The van der Waals surface area contributed by atoms with Crippen molar-refractivity contribution in [2.45, 2.75) is 82.1 Å². The first-order chi connectivity index (χ1) is 26.6. The maximum atomic E-state index is 14.4. The standard InChI is InChI=1S/C41H50N8O5S/c1-2-30(43)38(51)47-35(22-27-24-55-36-18-9-7-15-29(27)36)41(54)49-34(21-26-23-45-31-16-8-6-14-28(26)31)40(53)48-33(20-25-12-4-3-5-13-25)39(52)46-32(37(44)50)17-10-11-19-42/h3-9,12-16,18,23-24,30,32-35,45H,2,10-11,17,19-22,42-43H2,1H3,(H2,44,50)(H,46,52)(H,47,51)(H,48,53)(H,49,54)/t30-,32-,33+,34-,35-/m1/s1. The lowest BCUT2D eigenvalue weighted by atomic mass is 10.00. The summed E-state index contributed by atoms with van der Waals surface area (Å²) < 4.78 is 1.03. The number of nitrogens with one attached hydrogen (secondary N) is 5. The number of unbranched alkanes of at least 4 members (excludes halogenated alkanes) is 1. The van der Waals surface area contributed by atoms with E-state index in [1.165, 1.54) is 11.3 Å². The van der Waals surface area contributed by atoms with Crippen molar-refractivity contribution in [1.82, 2.24) is 26.3 Å². The molecule has 5 amide bonds. The van der Waals surface area contributed by atoms with Gasteiger partial charge < -0.3 is 43.5 Å². The third-order valence-electron chi connectivity index (χ3n) is 9.65. The Morgan fingerprint density at radius 1 is 0.673 bits per heavy atom. The average molecular weight is 767 g/mol. The molecule has 0 aliphatic heterocycles. The van der Waals surface area contributed by atoms with Crippen LogP contribution in [0.4, 0.5) is 0 Å². The fourth-order valence-electron chi connectivity index (χ4n) is 6.47. The summed E-state index contributed by atoms with van der Waals surface area (Å²) in [5.41, 5.74) is 20.6. The topological polar surface area (TPSA) is 227 Å². The van der Waals surface area contributed by atoms with Gasteiger partial charge in [-0.15, -0.1) is 11.3 Å². The highest BCUT2D eigenvalue weighted by Gasteiger charge is 2.32. The number of hydrogen-bond acceptors (Lipinski definition) is 8. The van der Waals surface area contributed by atoms with Gasteiger partial charge in [0.15, 0.2) is 0 Å². The summed E-state index contributed by atoms with van der Waals surface area (Å²) in [6.45, 7) is 2.20. The Hall–Kier alpha value is -5.57. The highest BCUT2D eigenvalue weighted by molar-refractivity contribution is 7.17. The number of benzene rings is 3. The van der Waals surface area contributed by atoms with Crippen molar-refractivity contribution < 1.29 is 24.0 Å². The predicted octanol–water partition coefficient (Wildman–Crippen LogP) is 2.70. The van der Waals surface area contributed by atoms with E-state index in [1.807, 2.05) is 84.2 Å². The number of H-pyrrole nitrogens is 1. The van der Waals surface area contributed by atoms with Crippen LogP contribution in [0, 0.1) is 0 Å². The van der Waals surface area contributed by atoms with Crippen LogP contribution in [0.5, 0.6) is 0 Å². The zero-order valence-electron chi connectivity index (χ0n) is 30.9. The molecule has 5 rings (SSSR count). The summed E-state index contributed by atoms with van der Waals surface area (Å²) in [6.07, 6.45) is 3.95. The second-order valence-electron chi connectivity index (χ2n) is 13.7. The van der Waals surface area contributed by atoms with Crippen LogP contribution in [0.15, 0.2) is 90.4 Å². The van der Waals surface area contributed by atoms with E-state index >= 15 is 0 Å². The molecule has 2 aromatic heterocycles. The monoisotopic (exact) mass is 766 g/mol. The lowest BCUT2D eigenvalue weighted by molar-refractivity contribution is -0.134. The Morgan fingerprint density at radius 2 is 1.24 bits per heavy atom. The number of carbonyl (C=O) groups is 5. The van der Waals surface area contributed by atoms with Crippen molar-refractivity contribution in [2.75, 3.05) is 6.54 Å². The number of primary amides is 1. The number of rotatable bonds is 20. The molecule has 0 aliphatic carbocycles. The molecule has 5 aromatic rings. The van der Waals surface area contributed by atoms with E-state index < -0.39 is 59.7 Å². The first-order valence-electron chi connectivity index (χ1n) is 18.6. The van der Waals surface area contributed by atoms with Gasteiger partial charge in [0.05, 0.1) is 6.04 Å². The maximum absolute atomic E-state index is 14.4. The fourth-order valence-corrected chi connectivity index (χ4v) is 7.44. The maximum Gasteiger partial charge on any atom is 0.243 e.